The number of hydrogen-bond acceptors (Lipinski definition) is 5. The molecule has 2 fully saturated rings. The van der Waals surface area contributed by atoms with Crippen LogP contribution in [0.2, 0.25) is 0 Å². The second kappa shape index (κ2) is 10.5. The molecule has 2 heterocycles. The Morgan fingerprint density at radius 2 is 1.72 bits per heavy atom. The maximum atomic E-state index is 11.6. The third-order valence-electron chi connectivity index (χ3n) is 6.88. The van der Waals surface area contributed by atoms with Gasteiger partial charge in [0.2, 0.25) is 0 Å². The summed E-state index contributed by atoms with van der Waals surface area (Å²) in [4.78, 5) is 11.6. The van der Waals surface area contributed by atoms with Gasteiger partial charge in [0.05, 0.1) is 18.3 Å². The summed E-state index contributed by atoms with van der Waals surface area (Å²) in [5, 5.41) is 20.9. The van der Waals surface area contributed by atoms with Crippen LogP contribution >= 0.6 is 0 Å². The summed E-state index contributed by atoms with van der Waals surface area (Å²) in [6, 6.07) is 0. The summed E-state index contributed by atoms with van der Waals surface area (Å²) in [6.45, 7) is 2.25. The molecule has 2 N–H and O–H groups in total. The first-order chi connectivity index (χ1) is 14.0. The normalized spacial score (nSPS) is 37.1. The van der Waals surface area contributed by atoms with E-state index in [0.29, 0.717) is 25.7 Å². The molecule has 5 atom stereocenters. The van der Waals surface area contributed by atoms with E-state index in [1.165, 1.54) is 57.4 Å². The van der Waals surface area contributed by atoms with E-state index in [1.54, 1.807) is 6.08 Å². The lowest BCUT2D eigenvalue weighted by Crippen LogP contribution is -2.51. The van der Waals surface area contributed by atoms with Gasteiger partial charge < -0.3 is 19.7 Å². The fourth-order valence-electron chi connectivity index (χ4n) is 5.19. The summed E-state index contributed by atoms with van der Waals surface area (Å²) >= 11 is 0. The lowest BCUT2D eigenvalue weighted by molar-refractivity contribution is -0.306. The smallest absolute Gasteiger partial charge is 0.172 e. The van der Waals surface area contributed by atoms with Crippen LogP contribution in [0.15, 0.2) is 12.2 Å². The second-order valence-electron chi connectivity index (χ2n) is 9.44. The van der Waals surface area contributed by atoms with Crippen LogP contribution in [0.3, 0.4) is 0 Å². The van der Waals surface area contributed by atoms with Crippen LogP contribution in [0.25, 0.3) is 0 Å². The molecule has 5 unspecified atom stereocenters. The molecule has 0 aromatic rings. The van der Waals surface area contributed by atoms with E-state index in [-0.39, 0.29) is 18.3 Å². The van der Waals surface area contributed by atoms with Crippen LogP contribution in [0, 0.1) is 0 Å². The van der Waals surface area contributed by atoms with Crippen LogP contribution in [-0.2, 0) is 14.3 Å². The highest BCUT2D eigenvalue weighted by Crippen LogP contribution is 2.49. The molecule has 3 rings (SSSR count). The Morgan fingerprint density at radius 1 is 1.03 bits per heavy atom. The van der Waals surface area contributed by atoms with Gasteiger partial charge in [-0.05, 0) is 31.4 Å². The van der Waals surface area contributed by atoms with Crippen molar-refractivity contribution in [3.05, 3.63) is 12.2 Å². The van der Waals surface area contributed by atoms with Crippen LogP contribution < -0.4 is 0 Å². The third-order valence-corrected chi connectivity index (χ3v) is 6.88. The first-order valence-electron chi connectivity index (χ1n) is 11.9. The number of aliphatic hydroxyl groups is 2. The van der Waals surface area contributed by atoms with Crippen molar-refractivity contribution in [1.29, 1.82) is 0 Å². The molecule has 0 amide bonds. The van der Waals surface area contributed by atoms with E-state index in [4.69, 9.17) is 9.47 Å². The van der Waals surface area contributed by atoms with Crippen molar-refractivity contribution in [2.24, 2.45) is 0 Å². The molecule has 1 aliphatic carbocycles. The highest BCUT2D eigenvalue weighted by molar-refractivity contribution is 5.91. The van der Waals surface area contributed by atoms with Crippen molar-refractivity contribution < 1.29 is 24.5 Å². The SMILES string of the molecule is CCCCCCCCCCCC1CC(O)CC2(CCC3(C=CC(=O)CC3O)O2)O1. The zero-order valence-electron chi connectivity index (χ0n) is 18.1. The van der Waals surface area contributed by atoms with Crippen molar-refractivity contribution in [2.75, 3.05) is 0 Å². The summed E-state index contributed by atoms with van der Waals surface area (Å²) in [5.74, 6) is -0.895. The van der Waals surface area contributed by atoms with Gasteiger partial charge in [0.1, 0.15) is 5.60 Å². The molecule has 2 aliphatic heterocycles. The predicted octanol–water partition coefficient (Wildman–Crippen LogP) is 4.58. The molecule has 29 heavy (non-hydrogen) atoms. The van der Waals surface area contributed by atoms with Crippen LogP contribution in [0.4, 0.5) is 0 Å². The van der Waals surface area contributed by atoms with Crippen molar-refractivity contribution in [3.63, 3.8) is 0 Å². The Labute approximate surface area is 175 Å². The average Bonchev–Trinajstić information content (AvgIpc) is 3.02. The monoisotopic (exact) mass is 408 g/mol. The molecule has 2 saturated heterocycles. The quantitative estimate of drug-likeness (QED) is 0.517. The van der Waals surface area contributed by atoms with E-state index < -0.39 is 23.6 Å². The van der Waals surface area contributed by atoms with Gasteiger partial charge in [0.25, 0.3) is 0 Å². The molecule has 5 nitrogen and oxygen atoms in total. The Balaban J connectivity index is 1.42. The lowest BCUT2D eigenvalue weighted by Gasteiger charge is -2.43. The number of carbonyl (C=O) groups is 1. The van der Waals surface area contributed by atoms with Gasteiger partial charge in [-0.2, -0.15) is 0 Å². The minimum absolute atomic E-state index is 0.00444. The summed E-state index contributed by atoms with van der Waals surface area (Å²) in [5.41, 5.74) is -0.840. The molecular formula is C24H40O5. The summed E-state index contributed by atoms with van der Waals surface area (Å²) in [7, 11) is 0. The van der Waals surface area contributed by atoms with E-state index in [9.17, 15) is 15.0 Å². The number of aliphatic hydroxyl groups excluding tert-OH is 2. The van der Waals surface area contributed by atoms with Gasteiger partial charge >= 0.3 is 0 Å². The van der Waals surface area contributed by atoms with E-state index >= 15 is 0 Å². The molecule has 0 saturated carbocycles. The van der Waals surface area contributed by atoms with Crippen molar-refractivity contribution in [2.45, 2.75) is 133 Å². The first kappa shape index (κ1) is 22.9. The van der Waals surface area contributed by atoms with Crippen molar-refractivity contribution in [1.82, 2.24) is 0 Å². The standard InChI is InChI=1S/C24H40O5/c1-2-3-4-5-6-7-8-9-10-11-21-16-20(26)18-24(28-21)15-14-23(29-24)13-12-19(25)17-22(23)27/h12-13,20-22,26-27H,2-11,14-18H2,1H3. The molecule has 0 aromatic carbocycles. The zero-order valence-corrected chi connectivity index (χ0v) is 18.1. The highest BCUT2D eigenvalue weighted by atomic mass is 16.7. The lowest BCUT2D eigenvalue weighted by atomic mass is 9.85. The van der Waals surface area contributed by atoms with Crippen LogP contribution in [0.5, 0.6) is 0 Å². The minimum Gasteiger partial charge on any atom is -0.393 e. The molecule has 5 heteroatoms. The van der Waals surface area contributed by atoms with Crippen molar-refractivity contribution >= 4 is 5.78 Å². The molecule has 2 spiro atoms. The molecule has 3 aliphatic rings. The number of ketones is 1. The Hall–Kier alpha value is -0.750. The second-order valence-corrected chi connectivity index (χ2v) is 9.44. The predicted molar refractivity (Wildman–Crippen MR) is 113 cm³/mol. The largest absolute Gasteiger partial charge is 0.393 e. The fourth-order valence-corrected chi connectivity index (χ4v) is 5.19. The Kier molecular flexibility index (Phi) is 8.32. The van der Waals surface area contributed by atoms with Gasteiger partial charge in [0, 0.05) is 19.3 Å². The average molecular weight is 409 g/mol. The number of allylic oxidation sites excluding steroid dienone is 1. The van der Waals surface area contributed by atoms with Crippen molar-refractivity contribution in [3.8, 4) is 0 Å². The maximum Gasteiger partial charge on any atom is 0.172 e. The molecule has 0 radical (unpaired) electrons. The van der Waals surface area contributed by atoms with Gasteiger partial charge in [0.15, 0.2) is 11.6 Å². The molecule has 166 valence electrons. The van der Waals surface area contributed by atoms with Gasteiger partial charge in [-0.25, -0.2) is 0 Å². The number of hydrogen-bond donors (Lipinski definition) is 2. The first-order valence-corrected chi connectivity index (χ1v) is 11.9. The van der Waals surface area contributed by atoms with Gasteiger partial charge in [-0.3, -0.25) is 4.79 Å². The minimum atomic E-state index is -0.840. The molecular weight excluding hydrogens is 368 g/mol. The summed E-state index contributed by atoms with van der Waals surface area (Å²) < 4.78 is 12.7. The van der Waals surface area contributed by atoms with E-state index in [1.807, 2.05) is 0 Å². The van der Waals surface area contributed by atoms with Gasteiger partial charge in [-0.15, -0.1) is 0 Å². The third kappa shape index (κ3) is 6.13. The Morgan fingerprint density at radius 3 is 2.41 bits per heavy atom. The topological polar surface area (TPSA) is 76.0 Å². The molecule has 0 bridgehead atoms. The van der Waals surface area contributed by atoms with Crippen LogP contribution in [0.1, 0.15) is 103 Å². The molecule has 0 aromatic heterocycles. The number of ether oxygens (including phenoxy) is 2. The van der Waals surface area contributed by atoms with Gasteiger partial charge in [-0.1, -0.05) is 64.7 Å². The number of unbranched alkanes of at least 4 members (excludes halogenated alkanes) is 8. The van der Waals surface area contributed by atoms with E-state index in [2.05, 4.69) is 6.92 Å². The van der Waals surface area contributed by atoms with Crippen LogP contribution in [-0.4, -0.2) is 45.7 Å². The van der Waals surface area contributed by atoms with E-state index in [0.717, 1.165) is 12.8 Å². The number of carbonyl (C=O) groups excluding carboxylic acids is 1. The Bertz CT molecular complexity index is 561. The maximum absolute atomic E-state index is 11.6. The number of rotatable bonds is 10. The highest BCUT2D eigenvalue weighted by Gasteiger charge is 2.56. The fraction of sp³-hybridized carbons (Fsp3) is 0.875. The zero-order chi connectivity index (χ0) is 20.7. The summed E-state index contributed by atoms with van der Waals surface area (Å²) in [6.07, 6.45) is 17.0.